The molecule has 0 spiro atoms. The molecule has 6 nitrogen and oxygen atoms in total. The van der Waals surface area contributed by atoms with E-state index >= 15 is 0 Å². The van der Waals surface area contributed by atoms with Crippen LogP contribution in [0, 0.1) is 17.1 Å². The van der Waals surface area contributed by atoms with E-state index in [1.165, 1.54) is 17.0 Å². The van der Waals surface area contributed by atoms with Gasteiger partial charge in [-0.25, -0.2) is 4.39 Å². The Balaban J connectivity index is 2.77. The van der Waals surface area contributed by atoms with Crippen LogP contribution in [0.25, 0.3) is 0 Å². The van der Waals surface area contributed by atoms with Gasteiger partial charge in [-0.2, -0.15) is 5.26 Å². The lowest BCUT2D eigenvalue weighted by Gasteiger charge is -2.23. The number of nitriles is 1. The summed E-state index contributed by atoms with van der Waals surface area (Å²) in [6.07, 6.45) is 0.104. The van der Waals surface area contributed by atoms with Crippen LogP contribution in [-0.4, -0.2) is 44.5 Å². The van der Waals surface area contributed by atoms with Crippen molar-refractivity contribution in [3.05, 3.63) is 30.1 Å². The Bertz CT molecular complexity index is 613. The Hall–Kier alpha value is -2.46. The first kappa shape index (κ1) is 19.6. The highest BCUT2D eigenvalue weighted by Crippen LogP contribution is 2.18. The number of para-hydroxylation sites is 1. The van der Waals surface area contributed by atoms with Gasteiger partial charge in [0.2, 0.25) is 0 Å². The zero-order chi connectivity index (χ0) is 18.1. The van der Waals surface area contributed by atoms with Gasteiger partial charge >= 0.3 is 0 Å². The molecular weight excluding hydrogens is 311 g/mol. The second-order valence-corrected chi connectivity index (χ2v) is 5.94. The fourth-order valence-electron chi connectivity index (χ4n) is 2.28. The number of amides is 2. The van der Waals surface area contributed by atoms with Gasteiger partial charge in [0.15, 0.2) is 13.1 Å². The SMILES string of the molecule is CC(C)NC(=O)C[NH+](C)CC(=O)N(CCC#N)c1ccccc1F. The maximum atomic E-state index is 14.0. The van der Waals surface area contributed by atoms with Crippen molar-refractivity contribution in [1.82, 2.24) is 5.32 Å². The minimum atomic E-state index is -0.515. The Morgan fingerprint density at radius 3 is 2.58 bits per heavy atom. The summed E-state index contributed by atoms with van der Waals surface area (Å²) in [5.41, 5.74) is 0.150. The molecule has 0 radical (unpaired) electrons. The van der Waals surface area contributed by atoms with Crippen LogP contribution in [0.2, 0.25) is 0 Å². The predicted molar refractivity (Wildman–Crippen MR) is 88.9 cm³/mol. The van der Waals surface area contributed by atoms with E-state index in [0.29, 0.717) is 4.90 Å². The molecule has 24 heavy (non-hydrogen) atoms. The number of hydrogen-bond acceptors (Lipinski definition) is 3. The normalized spacial score (nSPS) is 11.7. The van der Waals surface area contributed by atoms with E-state index in [0.717, 1.165) is 0 Å². The zero-order valence-corrected chi connectivity index (χ0v) is 14.3. The van der Waals surface area contributed by atoms with E-state index in [2.05, 4.69) is 5.32 Å². The van der Waals surface area contributed by atoms with Crippen molar-refractivity contribution in [1.29, 1.82) is 5.26 Å². The number of nitrogens with zero attached hydrogens (tertiary/aromatic N) is 2. The summed E-state index contributed by atoms with van der Waals surface area (Å²) in [4.78, 5) is 26.2. The molecule has 0 saturated heterocycles. The van der Waals surface area contributed by atoms with E-state index in [-0.39, 0.29) is 49.6 Å². The molecule has 0 heterocycles. The smallest absolute Gasteiger partial charge is 0.282 e. The molecule has 0 aliphatic heterocycles. The molecule has 0 bridgehead atoms. The maximum Gasteiger partial charge on any atom is 0.282 e. The molecule has 1 atom stereocenters. The summed E-state index contributed by atoms with van der Waals surface area (Å²) < 4.78 is 14.0. The van der Waals surface area contributed by atoms with Gasteiger partial charge in [0.05, 0.1) is 25.2 Å². The van der Waals surface area contributed by atoms with Crippen LogP contribution in [0.5, 0.6) is 0 Å². The van der Waals surface area contributed by atoms with Crippen molar-refractivity contribution in [2.24, 2.45) is 0 Å². The zero-order valence-electron chi connectivity index (χ0n) is 14.3. The lowest BCUT2D eigenvalue weighted by molar-refractivity contribution is -0.862. The Morgan fingerprint density at radius 2 is 2.00 bits per heavy atom. The quantitative estimate of drug-likeness (QED) is 0.708. The number of carbonyl (C=O) groups is 2. The number of hydrogen-bond donors (Lipinski definition) is 2. The van der Waals surface area contributed by atoms with Gasteiger partial charge in [0.1, 0.15) is 5.82 Å². The summed E-state index contributed by atoms with van der Waals surface area (Å²) in [7, 11) is 1.72. The van der Waals surface area contributed by atoms with E-state index in [4.69, 9.17) is 5.26 Å². The van der Waals surface area contributed by atoms with E-state index in [9.17, 15) is 14.0 Å². The molecule has 0 aliphatic rings. The fraction of sp³-hybridized carbons (Fsp3) is 0.471. The predicted octanol–water partition coefficient (Wildman–Crippen LogP) is 0.112. The molecular formula is C17H24FN4O2+. The number of nitrogens with one attached hydrogen (secondary N) is 2. The van der Waals surface area contributed by atoms with Gasteiger partial charge in [0, 0.05) is 12.6 Å². The topological polar surface area (TPSA) is 77.6 Å². The first-order valence-electron chi connectivity index (χ1n) is 7.87. The monoisotopic (exact) mass is 335 g/mol. The molecule has 0 fully saturated rings. The number of likely N-dealkylation sites (N-methyl/N-ethyl adjacent to an activating group) is 1. The van der Waals surface area contributed by atoms with E-state index in [1.807, 2.05) is 19.9 Å². The summed E-state index contributed by atoms with van der Waals surface area (Å²) in [6.45, 7) is 4.01. The van der Waals surface area contributed by atoms with Crippen molar-refractivity contribution in [3.8, 4) is 6.07 Å². The third-order valence-corrected chi connectivity index (χ3v) is 3.26. The molecule has 0 saturated carbocycles. The van der Waals surface area contributed by atoms with Gasteiger partial charge in [-0.1, -0.05) is 12.1 Å². The molecule has 2 N–H and O–H groups in total. The standard InChI is InChI=1S/C17H23FN4O2/c1-13(2)20-16(23)11-21(3)12-17(24)22(10-6-9-19)15-8-5-4-7-14(15)18/h4-5,7-8,13H,6,10-12H2,1-3H3,(H,20,23)/p+1. The molecule has 7 heteroatoms. The third kappa shape index (κ3) is 6.34. The summed E-state index contributed by atoms with van der Waals surface area (Å²) in [6, 6.07) is 7.95. The van der Waals surface area contributed by atoms with Gasteiger partial charge in [-0.05, 0) is 26.0 Å². The first-order chi connectivity index (χ1) is 11.3. The second kappa shape index (κ2) is 9.63. The Kier molecular flexibility index (Phi) is 7.86. The molecule has 2 amide bonds. The van der Waals surface area contributed by atoms with Crippen LogP contribution in [-0.2, 0) is 9.59 Å². The van der Waals surface area contributed by atoms with Crippen molar-refractivity contribution in [2.75, 3.05) is 31.6 Å². The highest BCUT2D eigenvalue weighted by atomic mass is 19.1. The average molecular weight is 335 g/mol. The highest BCUT2D eigenvalue weighted by Gasteiger charge is 2.23. The number of halogens is 1. The van der Waals surface area contributed by atoms with Gasteiger partial charge < -0.3 is 15.1 Å². The molecule has 1 unspecified atom stereocenters. The fourth-order valence-corrected chi connectivity index (χ4v) is 2.28. The summed E-state index contributed by atoms with van der Waals surface area (Å²) >= 11 is 0. The summed E-state index contributed by atoms with van der Waals surface area (Å²) in [5, 5.41) is 11.5. The summed E-state index contributed by atoms with van der Waals surface area (Å²) in [5.74, 6) is -0.992. The van der Waals surface area contributed by atoms with Crippen molar-refractivity contribution in [2.45, 2.75) is 26.3 Å². The molecule has 130 valence electrons. The molecule has 1 rings (SSSR count). The lowest BCUT2D eigenvalue weighted by Crippen LogP contribution is -3.11. The van der Waals surface area contributed by atoms with Crippen LogP contribution < -0.4 is 15.1 Å². The molecule has 1 aromatic rings. The van der Waals surface area contributed by atoms with Gasteiger partial charge in [0.25, 0.3) is 11.8 Å². The van der Waals surface area contributed by atoms with Crippen LogP contribution >= 0.6 is 0 Å². The van der Waals surface area contributed by atoms with E-state index in [1.54, 1.807) is 19.2 Å². The molecule has 0 aromatic heterocycles. The van der Waals surface area contributed by atoms with Crippen molar-refractivity contribution < 1.29 is 18.9 Å². The number of quaternary nitrogens is 1. The van der Waals surface area contributed by atoms with Crippen LogP contribution in [0.3, 0.4) is 0 Å². The number of carbonyl (C=O) groups excluding carboxylic acids is 2. The lowest BCUT2D eigenvalue weighted by atomic mass is 10.2. The maximum absolute atomic E-state index is 14.0. The van der Waals surface area contributed by atoms with E-state index < -0.39 is 5.82 Å². The minimum absolute atomic E-state index is 0.0330. The van der Waals surface area contributed by atoms with Crippen LogP contribution in [0.4, 0.5) is 10.1 Å². The van der Waals surface area contributed by atoms with Gasteiger partial charge in [-0.15, -0.1) is 0 Å². The molecule has 0 aliphatic carbocycles. The van der Waals surface area contributed by atoms with Gasteiger partial charge in [-0.3, -0.25) is 9.59 Å². The highest BCUT2D eigenvalue weighted by molar-refractivity contribution is 5.94. The molecule has 1 aromatic carbocycles. The second-order valence-electron chi connectivity index (χ2n) is 5.94. The number of benzene rings is 1. The van der Waals surface area contributed by atoms with Crippen LogP contribution in [0.1, 0.15) is 20.3 Å². The largest absolute Gasteiger partial charge is 0.349 e. The van der Waals surface area contributed by atoms with Crippen molar-refractivity contribution >= 4 is 17.5 Å². The minimum Gasteiger partial charge on any atom is -0.349 e. The number of anilines is 1. The van der Waals surface area contributed by atoms with Crippen molar-refractivity contribution in [3.63, 3.8) is 0 Å². The average Bonchev–Trinajstić information content (AvgIpc) is 2.48. The third-order valence-electron chi connectivity index (χ3n) is 3.26. The number of rotatable bonds is 8. The van der Waals surface area contributed by atoms with Crippen LogP contribution in [0.15, 0.2) is 24.3 Å². The first-order valence-corrected chi connectivity index (χ1v) is 7.87. The Labute approximate surface area is 141 Å². The Morgan fingerprint density at radius 1 is 1.33 bits per heavy atom.